The summed E-state index contributed by atoms with van der Waals surface area (Å²) >= 11 is 0. The smallest absolute Gasteiger partial charge is 1.00 e. The van der Waals surface area contributed by atoms with Crippen LogP contribution in [-0.4, -0.2) is 4.98 Å². The van der Waals surface area contributed by atoms with Gasteiger partial charge in [-0.1, -0.05) is 60.7 Å². The van der Waals surface area contributed by atoms with Crippen LogP contribution in [0.4, 0.5) is 0 Å². The fraction of sp³-hybridized carbons (Fsp3) is 0. The fourth-order valence-electron chi connectivity index (χ4n) is 2.67. The van der Waals surface area contributed by atoms with Crippen molar-refractivity contribution >= 4 is 21.8 Å². The van der Waals surface area contributed by atoms with Crippen molar-refractivity contribution in [3.8, 4) is 11.1 Å². The Morgan fingerprint density at radius 2 is 1.32 bits per heavy atom. The molecule has 3 aromatic carbocycles. The molecule has 1 nitrogen and oxygen atoms in total. The molecule has 0 atom stereocenters. The van der Waals surface area contributed by atoms with Crippen molar-refractivity contribution in [3.05, 3.63) is 78.9 Å². The molecule has 0 bridgehead atoms. The van der Waals surface area contributed by atoms with Crippen molar-refractivity contribution in [1.29, 1.82) is 0 Å². The summed E-state index contributed by atoms with van der Waals surface area (Å²) in [5.74, 6) is 0. The van der Waals surface area contributed by atoms with E-state index >= 15 is 0 Å². The van der Waals surface area contributed by atoms with E-state index in [4.69, 9.17) is 4.98 Å². The third-order valence-electron chi connectivity index (χ3n) is 3.65. The van der Waals surface area contributed by atoms with Gasteiger partial charge in [-0.25, -0.2) is 4.98 Å². The van der Waals surface area contributed by atoms with Gasteiger partial charge in [0.15, 0.2) is 0 Å². The molecule has 1 aromatic heterocycles. The third kappa shape index (κ3) is 2.90. The Morgan fingerprint density at radius 1 is 0.636 bits per heavy atom. The molecule has 0 radical (unpaired) electrons. The number of hydrogen-bond acceptors (Lipinski definition) is 1. The first kappa shape index (κ1) is 16.6. The molecule has 22 heavy (non-hydrogen) atoms. The minimum Gasteiger partial charge on any atom is -1.00 e. The van der Waals surface area contributed by atoms with Gasteiger partial charge in [0.1, 0.15) is 0 Å². The number of halogens is 1. The molecule has 0 N–H and O–H groups in total. The van der Waals surface area contributed by atoms with Crippen molar-refractivity contribution in [2.45, 2.75) is 0 Å². The first-order valence-corrected chi connectivity index (χ1v) is 6.76. The standard InChI is InChI=1S/C19H13N.ClH.Zn/c1-2-7-14(8-3-1)16-10-6-12-19-17(16)13-15-9-4-5-11-18(15)20-19;;/h1-13H;1H;/q;;+2/p-1. The van der Waals surface area contributed by atoms with Gasteiger partial charge < -0.3 is 12.4 Å². The minimum absolute atomic E-state index is 0. The number of hydrogen-bond donors (Lipinski definition) is 0. The number of aromatic nitrogens is 1. The largest absolute Gasteiger partial charge is 2.00 e. The Hall–Kier alpha value is -1.76. The summed E-state index contributed by atoms with van der Waals surface area (Å²) < 4.78 is 0. The van der Waals surface area contributed by atoms with E-state index in [1.807, 2.05) is 12.1 Å². The van der Waals surface area contributed by atoms with Gasteiger partial charge in [-0.15, -0.1) is 0 Å². The van der Waals surface area contributed by atoms with Crippen LogP contribution in [0.3, 0.4) is 0 Å². The average molecular weight is 356 g/mol. The molecule has 0 aliphatic heterocycles. The van der Waals surface area contributed by atoms with E-state index < -0.39 is 0 Å². The van der Waals surface area contributed by atoms with Crippen LogP contribution in [0.1, 0.15) is 0 Å². The van der Waals surface area contributed by atoms with Crippen molar-refractivity contribution in [3.63, 3.8) is 0 Å². The zero-order valence-corrected chi connectivity index (χ0v) is 15.8. The maximum atomic E-state index is 4.76. The van der Waals surface area contributed by atoms with E-state index in [-0.39, 0.29) is 31.9 Å². The van der Waals surface area contributed by atoms with Gasteiger partial charge in [0.25, 0.3) is 0 Å². The molecule has 3 heteroatoms. The van der Waals surface area contributed by atoms with Gasteiger partial charge in [-0.05, 0) is 29.3 Å². The molecule has 0 spiro atoms. The Morgan fingerprint density at radius 3 is 2.14 bits per heavy atom. The van der Waals surface area contributed by atoms with E-state index in [0.29, 0.717) is 0 Å². The number of para-hydroxylation sites is 1. The first-order chi connectivity index (χ1) is 9.92. The molecule has 0 amide bonds. The Bertz CT molecular complexity index is 907. The van der Waals surface area contributed by atoms with Crippen molar-refractivity contribution < 1.29 is 31.9 Å². The molecular formula is C19H13ClNZn+. The number of fused-ring (bicyclic) bond motifs is 2. The maximum Gasteiger partial charge on any atom is 2.00 e. The second kappa shape index (κ2) is 7.00. The van der Waals surface area contributed by atoms with E-state index in [1.54, 1.807) is 0 Å². The van der Waals surface area contributed by atoms with Crippen LogP contribution < -0.4 is 12.4 Å². The molecule has 0 fully saturated rings. The van der Waals surface area contributed by atoms with E-state index in [9.17, 15) is 0 Å². The molecule has 0 unspecified atom stereocenters. The van der Waals surface area contributed by atoms with Crippen LogP contribution in [0, 0.1) is 0 Å². The van der Waals surface area contributed by atoms with E-state index in [2.05, 4.69) is 66.7 Å². The molecule has 4 rings (SSSR count). The Labute approximate surface area is 148 Å². The molecule has 0 aliphatic rings. The second-order valence-corrected chi connectivity index (χ2v) is 4.92. The summed E-state index contributed by atoms with van der Waals surface area (Å²) in [6.45, 7) is 0. The molecule has 4 aromatic rings. The predicted molar refractivity (Wildman–Crippen MR) is 84.7 cm³/mol. The molecule has 1 heterocycles. The maximum absolute atomic E-state index is 4.76. The Balaban J connectivity index is 0.000000882. The number of nitrogens with zero attached hydrogens (tertiary/aromatic N) is 1. The van der Waals surface area contributed by atoms with Crippen molar-refractivity contribution in [2.75, 3.05) is 0 Å². The predicted octanol–water partition coefficient (Wildman–Crippen LogP) is 2.06. The van der Waals surface area contributed by atoms with Gasteiger partial charge in [-0.2, -0.15) is 0 Å². The molecule has 102 valence electrons. The number of pyridine rings is 1. The third-order valence-corrected chi connectivity index (χ3v) is 3.65. The zero-order valence-electron chi connectivity index (χ0n) is 12.0. The van der Waals surface area contributed by atoms with Crippen LogP contribution in [0.2, 0.25) is 0 Å². The average Bonchev–Trinajstić information content (AvgIpc) is 2.53. The molecule has 0 saturated heterocycles. The quantitative estimate of drug-likeness (QED) is 0.376. The van der Waals surface area contributed by atoms with Crippen molar-refractivity contribution in [2.24, 2.45) is 0 Å². The van der Waals surface area contributed by atoms with Gasteiger partial charge in [0, 0.05) is 10.8 Å². The summed E-state index contributed by atoms with van der Waals surface area (Å²) in [6, 6.07) is 27.3. The summed E-state index contributed by atoms with van der Waals surface area (Å²) in [4.78, 5) is 4.76. The second-order valence-electron chi connectivity index (χ2n) is 4.92. The van der Waals surface area contributed by atoms with E-state index in [1.165, 1.54) is 21.9 Å². The number of rotatable bonds is 1. The van der Waals surface area contributed by atoms with Crippen LogP contribution in [0.15, 0.2) is 78.9 Å². The van der Waals surface area contributed by atoms with Crippen LogP contribution in [-0.2, 0) is 19.5 Å². The zero-order chi connectivity index (χ0) is 13.4. The normalized spacial score (nSPS) is 10.0. The molecular weight excluding hydrogens is 343 g/mol. The van der Waals surface area contributed by atoms with Gasteiger partial charge >= 0.3 is 19.5 Å². The summed E-state index contributed by atoms with van der Waals surface area (Å²) in [5.41, 5.74) is 4.56. The number of benzene rings is 3. The summed E-state index contributed by atoms with van der Waals surface area (Å²) in [6.07, 6.45) is 0. The van der Waals surface area contributed by atoms with Crippen LogP contribution in [0.25, 0.3) is 32.9 Å². The summed E-state index contributed by atoms with van der Waals surface area (Å²) in [7, 11) is 0. The van der Waals surface area contributed by atoms with Gasteiger partial charge in [0.2, 0.25) is 0 Å². The van der Waals surface area contributed by atoms with Crippen LogP contribution in [0.5, 0.6) is 0 Å². The fourth-order valence-corrected chi connectivity index (χ4v) is 2.67. The summed E-state index contributed by atoms with van der Waals surface area (Å²) in [5, 5.41) is 2.39. The molecule has 0 saturated carbocycles. The van der Waals surface area contributed by atoms with E-state index in [0.717, 1.165) is 11.0 Å². The van der Waals surface area contributed by atoms with Crippen molar-refractivity contribution in [1.82, 2.24) is 4.98 Å². The van der Waals surface area contributed by atoms with Gasteiger partial charge in [0.05, 0.1) is 11.0 Å². The van der Waals surface area contributed by atoms with Crippen LogP contribution >= 0.6 is 0 Å². The first-order valence-electron chi connectivity index (χ1n) is 6.76. The minimum atomic E-state index is 0. The van der Waals surface area contributed by atoms with Gasteiger partial charge in [-0.3, -0.25) is 0 Å². The monoisotopic (exact) mass is 354 g/mol. The SMILES string of the molecule is [Cl-].[Zn+2].c1ccc(-c2cccc3nc4ccccc4cc23)cc1. The Kier molecular flexibility index (Phi) is 5.29. The topological polar surface area (TPSA) is 12.9 Å². The molecule has 0 aliphatic carbocycles.